The van der Waals surface area contributed by atoms with E-state index in [0.717, 1.165) is 0 Å². The summed E-state index contributed by atoms with van der Waals surface area (Å²) >= 11 is 0. The van der Waals surface area contributed by atoms with E-state index in [1.165, 1.54) is 0 Å². The number of rotatable bonds is 3. The average molecular weight is 201 g/mol. The normalized spacial score (nSPS) is 7.00. The van der Waals surface area contributed by atoms with Gasteiger partial charge in [-0.15, -0.1) is 0 Å². The topological polar surface area (TPSA) is 83.8 Å². The molecule has 6 heteroatoms. The fourth-order valence-electron chi connectivity index (χ4n) is 0.285. The van der Waals surface area contributed by atoms with Gasteiger partial charge >= 0.3 is 23.1 Å². The van der Waals surface area contributed by atoms with Crippen LogP contribution in [0.25, 0.3) is 0 Å². The van der Waals surface area contributed by atoms with Gasteiger partial charge in [0, 0.05) is 6.61 Å². The number of hydrogen-bond acceptors (Lipinski definition) is 4. The van der Waals surface area contributed by atoms with Crippen molar-refractivity contribution in [2.45, 2.75) is 13.8 Å². The van der Waals surface area contributed by atoms with Gasteiger partial charge < -0.3 is 14.9 Å². The molecule has 72 valence electrons. The largest absolute Gasteiger partial charge is 2.00 e. The van der Waals surface area contributed by atoms with Crippen LogP contribution in [-0.2, 0) is 14.3 Å². The van der Waals surface area contributed by atoms with Crippen molar-refractivity contribution < 1.29 is 24.5 Å². The fourth-order valence-corrected chi connectivity index (χ4v) is 0.285. The fraction of sp³-hybridized carbons (Fsp3) is 0.571. The summed E-state index contributed by atoms with van der Waals surface area (Å²) in [5, 5.41) is 15.5. The zero-order chi connectivity index (χ0) is 9.98. The Morgan fingerprint density at radius 1 is 1.38 bits per heavy atom. The SMILES string of the molecule is CCO.CCOC(=O)[CH-]C(=O)O.[Mg+2]. The molecule has 5 nitrogen and oxygen atoms in total. The van der Waals surface area contributed by atoms with E-state index < -0.39 is 11.9 Å². The number of carboxylic acids is 1. The molecule has 0 fully saturated rings. The molecule has 0 heterocycles. The van der Waals surface area contributed by atoms with Crippen LogP contribution < -0.4 is 0 Å². The van der Waals surface area contributed by atoms with Crippen molar-refractivity contribution in [2.75, 3.05) is 13.2 Å². The Balaban J connectivity index is -0.000000220. The maximum atomic E-state index is 10.2. The van der Waals surface area contributed by atoms with Gasteiger partial charge in [0.25, 0.3) is 0 Å². The number of carbonyl (C=O) groups is 2. The van der Waals surface area contributed by atoms with Crippen molar-refractivity contribution >= 4 is 35.0 Å². The van der Waals surface area contributed by atoms with E-state index >= 15 is 0 Å². The second kappa shape index (κ2) is 14.1. The van der Waals surface area contributed by atoms with E-state index in [-0.39, 0.29) is 36.3 Å². The summed E-state index contributed by atoms with van der Waals surface area (Å²) in [6.07, 6.45) is 0.476. The van der Waals surface area contributed by atoms with Gasteiger partial charge in [-0.1, -0.05) is 0 Å². The maximum absolute atomic E-state index is 10.2. The van der Waals surface area contributed by atoms with E-state index in [4.69, 9.17) is 10.2 Å². The summed E-state index contributed by atoms with van der Waals surface area (Å²) < 4.78 is 4.28. The number of esters is 1. The van der Waals surface area contributed by atoms with Crippen molar-refractivity contribution in [1.29, 1.82) is 0 Å². The number of aliphatic hydroxyl groups is 1. The summed E-state index contributed by atoms with van der Waals surface area (Å²) in [5.74, 6) is -2.10. The number of aliphatic hydroxyl groups excluding tert-OH is 1. The Bertz CT molecular complexity index is 137. The van der Waals surface area contributed by atoms with Gasteiger partial charge in [0.15, 0.2) is 11.9 Å². The molecule has 0 saturated heterocycles. The molecule has 0 saturated carbocycles. The quantitative estimate of drug-likeness (QED) is 0.277. The molecule has 0 aromatic rings. The van der Waals surface area contributed by atoms with Gasteiger partial charge in [0.2, 0.25) is 0 Å². The minimum absolute atomic E-state index is 0. The third-order valence-electron chi connectivity index (χ3n) is 0.528. The third kappa shape index (κ3) is 24.6. The first-order valence-electron chi connectivity index (χ1n) is 3.43. The first-order valence-corrected chi connectivity index (χ1v) is 3.43. The summed E-state index contributed by atoms with van der Waals surface area (Å²) in [4.78, 5) is 19.9. The molecule has 0 rings (SSSR count). The Morgan fingerprint density at radius 3 is 2.00 bits per heavy atom. The van der Waals surface area contributed by atoms with Crippen molar-refractivity contribution in [1.82, 2.24) is 0 Å². The van der Waals surface area contributed by atoms with Crippen LogP contribution in [-0.4, -0.2) is 58.4 Å². The standard InChI is InChI=1S/C5H7O4.C2H6O.Mg/c1-2-9-5(8)3-4(6)7;1-2-3;/h3H,2H2,1H3,(H,6,7);3H,2H2,1H3;/q-1;;+2. The van der Waals surface area contributed by atoms with Crippen LogP contribution in [0.1, 0.15) is 13.8 Å². The van der Waals surface area contributed by atoms with Gasteiger partial charge in [0.05, 0.1) is 6.61 Å². The minimum Gasteiger partial charge on any atom is -0.503 e. The molecule has 0 aliphatic carbocycles. The van der Waals surface area contributed by atoms with Crippen LogP contribution in [0, 0.1) is 6.42 Å². The van der Waals surface area contributed by atoms with Crippen LogP contribution in [0.15, 0.2) is 0 Å². The first kappa shape index (κ1) is 18.3. The molecule has 0 aliphatic heterocycles. The maximum Gasteiger partial charge on any atom is 2.00 e. The first-order chi connectivity index (χ1) is 5.58. The molecule has 0 aliphatic rings. The minimum atomic E-state index is -1.28. The van der Waals surface area contributed by atoms with Crippen LogP contribution in [0.3, 0.4) is 0 Å². The summed E-state index contributed by atoms with van der Waals surface area (Å²) in [5.41, 5.74) is 0. The molecule has 0 unspecified atom stereocenters. The van der Waals surface area contributed by atoms with Gasteiger partial charge in [-0.3, -0.25) is 9.59 Å². The van der Waals surface area contributed by atoms with Crippen LogP contribution in [0.4, 0.5) is 0 Å². The molecular formula is C7H13MgO5+. The van der Waals surface area contributed by atoms with Crippen molar-refractivity contribution in [3.05, 3.63) is 6.42 Å². The number of hydrogen-bond donors (Lipinski definition) is 2. The summed E-state index contributed by atoms with van der Waals surface area (Å²) in [6, 6.07) is 0. The number of carbonyl (C=O) groups excluding carboxylic acids is 1. The number of carboxylic acid groups (broad SMARTS) is 1. The monoisotopic (exact) mass is 201 g/mol. The molecule has 0 aromatic heterocycles. The summed E-state index contributed by atoms with van der Waals surface area (Å²) in [7, 11) is 0. The molecule has 0 aromatic carbocycles. The summed E-state index contributed by atoms with van der Waals surface area (Å²) in [6.45, 7) is 3.73. The van der Waals surface area contributed by atoms with Crippen molar-refractivity contribution in [3.63, 3.8) is 0 Å². The molecule has 0 amide bonds. The second-order valence-corrected chi connectivity index (χ2v) is 1.55. The average Bonchev–Trinajstić information content (AvgIpc) is 1.87. The van der Waals surface area contributed by atoms with Crippen molar-refractivity contribution in [3.8, 4) is 0 Å². The van der Waals surface area contributed by atoms with E-state index in [1.807, 2.05) is 0 Å². The second-order valence-electron chi connectivity index (χ2n) is 1.55. The molecule has 0 spiro atoms. The van der Waals surface area contributed by atoms with E-state index in [9.17, 15) is 9.59 Å². The van der Waals surface area contributed by atoms with Gasteiger partial charge in [-0.2, -0.15) is 6.42 Å². The third-order valence-corrected chi connectivity index (χ3v) is 0.528. The molecule has 0 atom stereocenters. The van der Waals surface area contributed by atoms with Gasteiger partial charge in [-0.05, 0) is 13.8 Å². The smallest absolute Gasteiger partial charge is 0.503 e. The van der Waals surface area contributed by atoms with E-state index in [0.29, 0.717) is 6.42 Å². The Hall–Kier alpha value is -0.464. The predicted octanol–water partition coefficient (Wildman–Crippen LogP) is -0.544. The van der Waals surface area contributed by atoms with Gasteiger partial charge in [0.1, 0.15) is 0 Å². The molecule has 0 bridgehead atoms. The zero-order valence-corrected chi connectivity index (χ0v) is 9.23. The molecule has 13 heavy (non-hydrogen) atoms. The van der Waals surface area contributed by atoms with Crippen LogP contribution >= 0.6 is 0 Å². The number of ether oxygens (including phenoxy) is 1. The molecular weight excluding hydrogens is 188 g/mol. The van der Waals surface area contributed by atoms with E-state index in [2.05, 4.69) is 4.74 Å². The van der Waals surface area contributed by atoms with Crippen LogP contribution in [0.2, 0.25) is 0 Å². The van der Waals surface area contributed by atoms with Crippen molar-refractivity contribution in [2.24, 2.45) is 0 Å². The zero-order valence-electron chi connectivity index (χ0n) is 7.82. The Labute approximate surface area is 93.2 Å². The Kier molecular flexibility index (Phi) is 19.9. The van der Waals surface area contributed by atoms with Gasteiger partial charge in [-0.25, -0.2) is 0 Å². The van der Waals surface area contributed by atoms with E-state index in [1.54, 1.807) is 13.8 Å². The Morgan fingerprint density at radius 2 is 1.77 bits per heavy atom. The molecule has 2 N–H and O–H groups in total. The van der Waals surface area contributed by atoms with Crippen LogP contribution in [0.5, 0.6) is 0 Å². The number of aliphatic carboxylic acids is 1. The molecule has 0 radical (unpaired) electrons. The predicted molar refractivity (Wildman–Crippen MR) is 47.1 cm³/mol.